The second kappa shape index (κ2) is 6.84. The van der Waals surface area contributed by atoms with E-state index in [0.29, 0.717) is 37.1 Å². The highest BCUT2D eigenvalue weighted by molar-refractivity contribution is 7.07. The lowest BCUT2D eigenvalue weighted by Gasteiger charge is -2.30. The molecule has 0 atom stereocenters. The summed E-state index contributed by atoms with van der Waals surface area (Å²) in [5.41, 5.74) is 2.53. The molecule has 1 aromatic heterocycles. The average Bonchev–Trinajstić information content (AvgIpc) is 3.03. The number of nitrogens with zero attached hydrogens (tertiary/aromatic N) is 1. The van der Waals surface area contributed by atoms with Crippen LogP contribution in [0.2, 0.25) is 0 Å². The minimum absolute atomic E-state index is 0.00774. The van der Waals surface area contributed by atoms with Crippen LogP contribution in [0.3, 0.4) is 0 Å². The number of amides is 1. The smallest absolute Gasteiger partial charge is 0.406 e. The first-order valence-corrected chi connectivity index (χ1v) is 8.57. The fourth-order valence-electron chi connectivity index (χ4n) is 2.85. The number of thiophene rings is 1. The Morgan fingerprint density at radius 1 is 1.29 bits per heavy atom. The van der Waals surface area contributed by atoms with Crippen molar-refractivity contribution in [3.05, 3.63) is 46.2 Å². The molecule has 1 aliphatic heterocycles. The fraction of sp³-hybridized carbons (Fsp3) is 0.353. The molecule has 2 heterocycles. The highest BCUT2D eigenvalue weighted by atomic mass is 32.1. The van der Waals surface area contributed by atoms with Gasteiger partial charge in [0.2, 0.25) is 5.91 Å². The third kappa shape index (κ3) is 4.08. The number of ether oxygens (including phenoxy) is 1. The van der Waals surface area contributed by atoms with Crippen LogP contribution in [-0.4, -0.2) is 18.8 Å². The highest BCUT2D eigenvalue weighted by Gasteiger charge is 2.32. The summed E-state index contributed by atoms with van der Waals surface area (Å²) in [6.45, 7) is 0.592. The number of benzene rings is 1. The number of hydrogen-bond donors (Lipinski definition) is 0. The van der Waals surface area contributed by atoms with E-state index in [0.717, 1.165) is 12.0 Å². The molecule has 2 aromatic rings. The Morgan fingerprint density at radius 2 is 2.12 bits per heavy atom. The maximum absolute atomic E-state index is 12.5. The number of alkyl halides is 3. The maximum atomic E-state index is 12.5. The van der Waals surface area contributed by atoms with E-state index in [9.17, 15) is 18.0 Å². The third-order valence-corrected chi connectivity index (χ3v) is 4.64. The van der Waals surface area contributed by atoms with Crippen LogP contribution in [0.15, 0.2) is 35.0 Å². The fourth-order valence-corrected chi connectivity index (χ4v) is 3.55. The topological polar surface area (TPSA) is 29.5 Å². The van der Waals surface area contributed by atoms with Crippen LogP contribution in [-0.2, 0) is 17.6 Å². The molecule has 0 saturated heterocycles. The van der Waals surface area contributed by atoms with E-state index in [1.54, 1.807) is 16.2 Å². The van der Waals surface area contributed by atoms with Gasteiger partial charge in [0.1, 0.15) is 5.75 Å². The Morgan fingerprint density at radius 3 is 2.83 bits per heavy atom. The Bertz CT molecular complexity index is 713. The molecule has 0 aliphatic carbocycles. The van der Waals surface area contributed by atoms with Crippen LogP contribution in [0.1, 0.15) is 24.0 Å². The van der Waals surface area contributed by atoms with Gasteiger partial charge >= 0.3 is 6.36 Å². The predicted molar refractivity (Wildman–Crippen MR) is 86.4 cm³/mol. The predicted octanol–water partition coefficient (Wildman–Crippen LogP) is 4.56. The van der Waals surface area contributed by atoms with Gasteiger partial charge in [-0.25, -0.2) is 0 Å². The molecule has 0 spiro atoms. The van der Waals surface area contributed by atoms with Crippen molar-refractivity contribution < 1.29 is 22.7 Å². The molecule has 1 aliphatic rings. The Labute approximate surface area is 141 Å². The molecule has 0 saturated carbocycles. The molecule has 0 radical (unpaired) electrons. The lowest BCUT2D eigenvalue weighted by molar-refractivity contribution is -0.274. The molecule has 0 N–H and O–H groups in total. The number of anilines is 1. The van der Waals surface area contributed by atoms with E-state index in [-0.39, 0.29) is 11.7 Å². The van der Waals surface area contributed by atoms with Crippen molar-refractivity contribution in [3.8, 4) is 5.75 Å². The Hall–Kier alpha value is -2.02. The summed E-state index contributed by atoms with van der Waals surface area (Å²) >= 11 is 1.59. The zero-order chi connectivity index (χ0) is 17.2. The van der Waals surface area contributed by atoms with Gasteiger partial charge in [0.15, 0.2) is 0 Å². The second-order valence-corrected chi connectivity index (χ2v) is 6.40. The molecule has 128 valence electrons. The molecule has 0 unspecified atom stereocenters. The molecule has 1 amide bonds. The quantitative estimate of drug-likeness (QED) is 0.805. The van der Waals surface area contributed by atoms with E-state index >= 15 is 0 Å². The first-order valence-electron chi connectivity index (χ1n) is 7.62. The second-order valence-electron chi connectivity index (χ2n) is 5.62. The standard InChI is InChI=1S/C17H16F3NO2S/c18-17(19,20)23-14-4-5-15-13(10-14)2-1-8-21(15)16(22)6-3-12-7-9-24-11-12/h4-5,7,9-11H,1-3,6,8H2. The summed E-state index contributed by atoms with van der Waals surface area (Å²) in [5, 5.41) is 3.98. The Balaban J connectivity index is 1.72. The van der Waals surface area contributed by atoms with Crippen molar-refractivity contribution in [2.45, 2.75) is 32.0 Å². The molecule has 3 rings (SSSR count). The van der Waals surface area contributed by atoms with E-state index in [4.69, 9.17) is 0 Å². The van der Waals surface area contributed by atoms with E-state index in [1.165, 1.54) is 18.2 Å². The minimum atomic E-state index is -4.71. The largest absolute Gasteiger partial charge is 0.573 e. The Kier molecular flexibility index (Phi) is 4.80. The van der Waals surface area contributed by atoms with Gasteiger partial charge in [0.05, 0.1) is 0 Å². The number of fused-ring (bicyclic) bond motifs is 1. The summed E-state index contributed by atoms with van der Waals surface area (Å²) in [4.78, 5) is 14.2. The van der Waals surface area contributed by atoms with Gasteiger partial charge in [0, 0.05) is 18.7 Å². The monoisotopic (exact) mass is 355 g/mol. The molecule has 7 heteroatoms. The van der Waals surface area contributed by atoms with Gasteiger partial charge in [-0.05, 0) is 65.4 Å². The first kappa shape index (κ1) is 16.8. The van der Waals surface area contributed by atoms with Gasteiger partial charge in [-0.2, -0.15) is 11.3 Å². The molecule has 0 bridgehead atoms. The molecule has 0 fully saturated rings. The van der Waals surface area contributed by atoms with Crippen LogP contribution in [0.4, 0.5) is 18.9 Å². The zero-order valence-electron chi connectivity index (χ0n) is 12.8. The third-order valence-electron chi connectivity index (χ3n) is 3.91. The number of aryl methyl sites for hydroxylation is 2. The number of hydrogen-bond acceptors (Lipinski definition) is 3. The van der Waals surface area contributed by atoms with Crippen LogP contribution in [0, 0.1) is 0 Å². The summed E-state index contributed by atoms with van der Waals surface area (Å²) in [6.07, 6.45) is -2.29. The number of halogens is 3. The van der Waals surface area contributed by atoms with Crippen LogP contribution < -0.4 is 9.64 Å². The zero-order valence-corrected chi connectivity index (χ0v) is 13.6. The van der Waals surface area contributed by atoms with Gasteiger partial charge in [0.25, 0.3) is 0 Å². The molecule has 3 nitrogen and oxygen atoms in total. The van der Waals surface area contributed by atoms with Crippen LogP contribution in [0.25, 0.3) is 0 Å². The van der Waals surface area contributed by atoms with Crippen molar-refractivity contribution in [1.82, 2.24) is 0 Å². The van der Waals surface area contributed by atoms with E-state index in [1.807, 2.05) is 16.8 Å². The number of carbonyl (C=O) groups excluding carboxylic acids is 1. The summed E-state index contributed by atoms with van der Waals surface area (Å²) < 4.78 is 40.9. The van der Waals surface area contributed by atoms with Crippen molar-refractivity contribution in [3.63, 3.8) is 0 Å². The lowest BCUT2D eigenvalue weighted by atomic mass is 10.0. The summed E-state index contributed by atoms with van der Waals surface area (Å²) in [6, 6.07) is 6.17. The van der Waals surface area contributed by atoms with Crippen molar-refractivity contribution in [1.29, 1.82) is 0 Å². The number of carbonyl (C=O) groups is 1. The molecule has 1 aromatic carbocycles. The molecular formula is C17H16F3NO2S. The van der Waals surface area contributed by atoms with Crippen molar-refractivity contribution in [2.24, 2.45) is 0 Å². The lowest BCUT2D eigenvalue weighted by Crippen LogP contribution is -2.35. The summed E-state index contributed by atoms with van der Waals surface area (Å²) in [7, 11) is 0. The van der Waals surface area contributed by atoms with Gasteiger partial charge in [-0.1, -0.05) is 0 Å². The molecular weight excluding hydrogens is 339 g/mol. The average molecular weight is 355 g/mol. The van der Waals surface area contributed by atoms with Crippen molar-refractivity contribution >= 4 is 22.9 Å². The normalized spacial score (nSPS) is 14.4. The highest BCUT2D eigenvalue weighted by Crippen LogP contribution is 2.33. The van der Waals surface area contributed by atoms with Crippen LogP contribution >= 0.6 is 11.3 Å². The first-order chi connectivity index (χ1) is 11.4. The van der Waals surface area contributed by atoms with Gasteiger partial charge in [-0.15, -0.1) is 13.2 Å². The summed E-state index contributed by atoms with van der Waals surface area (Å²) in [5.74, 6) is -0.250. The maximum Gasteiger partial charge on any atom is 0.573 e. The van der Waals surface area contributed by atoms with E-state index < -0.39 is 6.36 Å². The van der Waals surface area contributed by atoms with Crippen molar-refractivity contribution in [2.75, 3.05) is 11.4 Å². The van der Waals surface area contributed by atoms with Gasteiger partial charge in [-0.3, -0.25) is 4.79 Å². The van der Waals surface area contributed by atoms with Gasteiger partial charge < -0.3 is 9.64 Å². The molecule has 24 heavy (non-hydrogen) atoms. The number of rotatable bonds is 4. The minimum Gasteiger partial charge on any atom is -0.406 e. The SMILES string of the molecule is O=C(CCc1ccsc1)N1CCCc2cc(OC(F)(F)F)ccc21. The van der Waals surface area contributed by atoms with E-state index in [2.05, 4.69) is 4.74 Å². The van der Waals surface area contributed by atoms with Crippen LogP contribution in [0.5, 0.6) is 5.75 Å².